The van der Waals surface area contributed by atoms with Crippen LogP contribution in [-0.2, 0) is 23.1 Å². The Kier molecular flexibility index (Phi) is 4.34. The number of aromatic nitrogens is 1. The summed E-state index contributed by atoms with van der Waals surface area (Å²) in [7, 11) is -3.36. The van der Waals surface area contributed by atoms with Crippen molar-refractivity contribution < 1.29 is 8.42 Å². The summed E-state index contributed by atoms with van der Waals surface area (Å²) < 4.78 is 30.4. The summed E-state index contributed by atoms with van der Waals surface area (Å²) in [6, 6.07) is 10.8. The Hall–Kier alpha value is -1.76. The maximum Gasteiger partial charge on any atom is 0.280 e. The lowest BCUT2D eigenvalue weighted by molar-refractivity contribution is 0.213. The van der Waals surface area contributed by atoms with Gasteiger partial charge in [0, 0.05) is 25.5 Å². The molecule has 1 N–H and O–H groups in total. The lowest BCUT2D eigenvalue weighted by atomic mass is 9.79. The summed E-state index contributed by atoms with van der Waals surface area (Å²) in [6.07, 6.45) is 8.66. The van der Waals surface area contributed by atoms with Gasteiger partial charge < -0.3 is 0 Å². The first kappa shape index (κ1) is 18.3. The minimum absolute atomic E-state index is 0.304. The van der Waals surface area contributed by atoms with Crippen LogP contribution >= 0.6 is 0 Å². The first-order valence-corrected chi connectivity index (χ1v) is 11.8. The van der Waals surface area contributed by atoms with E-state index in [1.165, 1.54) is 16.7 Å². The smallest absolute Gasteiger partial charge is 0.264 e. The van der Waals surface area contributed by atoms with Gasteiger partial charge >= 0.3 is 0 Å². The van der Waals surface area contributed by atoms with Crippen molar-refractivity contribution in [3.63, 3.8) is 0 Å². The highest BCUT2D eigenvalue weighted by molar-refractivity contribution is 7.87. The van der Waals surface area contributed by atoms with Crippen LogP contribution in [0.25, 0.3) is 11.1 Å². The number of pyridine rings is 1. The predicted molar refractivity (Wildman–Crippen MR) is 110 cm³/mol. The van der Waals surface area contributed by atoms with Crippen LogP contribution < -0.4 is 4.72 Å². The molecule has 5 rings (SSSR count). The summed E-state index contributed by atoms with van der Waals surface area (Å²) >= 11 is 0. The fourth-order valence-corrected chi connectivity index (χ4v) is 7.48. The molecule has 1 saturated carbocycles. The lowest BCUT2D eigenvalue weighted by Gasteiger charge is -2.33. The molecule has 0 radical (unpaired) electrons. The minimum atomic E-state index is -3.36. The summed E-state index contributed by atoms with van der Waals surface area (Å²) in [5.41, 5.74) is 4.78. The van der Waals surface area contributed by atoms with Gasteiger partial charge in [-0.05, 0) is 72.3 Å². The van der Waals surface area contributed by atoms with Gasteiger partial charge in [-0.1, -0.05) is 31.2 Å². The van der Waals surface area contributed by atoms with Crippen molar-refractivity contribution in [3.05, 3.63) is 53.9 Å². The molecule has 28 heavy (non-hydrogen) atoms. The highest BCUT2D eigenvalue weighted by Crippen LogP contribution is 2.50. The third-order valence-electron chi connectivity index (χ3n) is 7.02. The average molecular weight is 398 g/mol. The molecule has 3 atom stereocenters. The van der Waals surface area contributed by atoms with E-state index in [9.17, 15) is 8.42 Å². The number of benzene rings is 1. The zero-order chi connectivity index (χ0) is 19.4. The van der Waals surface area contributed by atoms with Gasteiger partial charge in [0.15, 0.2) is 0 Å². The maximum absolute atomic E-state index is 12.8. The van der Waals surface area contributed by atoms with Crippen LogP contribution in [0.5, 0.6) is 0 Å². The van der Waals surface area contributed by atoms with Gasteiger partial charge in [-0.2, -0.15) is 17.4 Å². The zero-order valence-corrected chi connectivity index (χ0v) is 17.1. The second-order valence-electron chi connectivity index (χ2n) is 8.59. The van der Waals surface area contributed by atoms with Crippen molar-refractivity contribution >= 4 is 10.2 Å². The molecule has 1 aromatic carbocycles. The molecule has 2 aliphatic carbocycles. The maximum atomic E-state index is 12.8. The van der Waals surface area contributed by atoms with Crippen LogP contribution in [-0.4, -0.2) is 36.3 Å². The first-order valence-electron chi connectivity index (χ1n) is 10.3. The van der Waals surface area contributed by atoms with E-state index in [1.807, 2.05) is 19.2 Å². The second kappa shape index (κ2) is 6.65. The van der Waals surface area contributed by atoms with Crippen molar-refractivity contribution in [2.45, 2.75) is 44.6 Å². The lowest BCUT2D eigenvalue weighted by Crippen LogP contribution is -2.52. The Bertz CT molecular complexity index is 992. The van der Waals surface area contributed by atoms with E-state index in [0.717, 1.165) is 37.7 Å². The summed E-state index contributed by atoms with van der Waals surface area (Å²) in [4.78, 5) is 4.25. The molecule has 2 heterocycles. The molecular weight excluding hydrogens is 370 g/mol. The van der Waals surface area contributed by atoms with Crippen LogP contribution in [0.3, 0.4) is 0 Å². The Morgan fingerprint density at radius 3 is 2.64 bits per heavy atom. The SMILES string of the molecule is CCCN1C[C@@]2(NS1(=O)=O)[C@@H]1CC[C@H]2Cc2cc(-c3cccnc3)ccc2C1. The number of fused-ring (bicyclic) bond motifs is 1. The third-order valence-corrected chi connectivity index (χ3v) is 8.65. The quantitative estimate of drug-likeness (QED) is 0.865. The molecular formula is C22H27N3O2S. The van der Waals surface area contributed by atoms with Gasteiger partial charge in [-0.3, -0.25) is 4.98 Å². The number of rotatable bonds is 3. The normalized spacial score (nSPS) is 31.0. The predicted octanol–water partition coefficient (Wildman–Crippen LogP) is 3.17. The van der Waals surface area contributed by atoms with Gasteiger partial charge in [-0.25, -0.2) is 0 Å². The Morgan fingerprint density at radius 1 is 1.14 bits per heavy atom. The van der Waals surface area contributed by atoms with Crippen molar-refractivity contribution in [2.24, 2.45) is 11.8 Å². The standard InChI is InChI=1S/C22H27N3O2S/c1-2-10-25-15-22(24-28(25,26)27)20-7-8-21(22)13-19-11-16(5-6-17(19)12-20)18-4-3-9-23-14-18/h3-6,9,11,14,20-21,24H,2,7-8,10,12-13,15H2,1H3/t20-,21+,22-/m1/s1. The Labute approximate surface area is 167 Å². The van der Waals surface area contributed by atoms with Gasteiger partial charge in [-0.15, -0.1) is 0 Å². The molecule has 2 bridgehead atoms. The Balaban J connectivity index is 1.50. The molecule has 1 aliphatic heterocycles. The summed E-state index contributed by atoms with van der Waals surface area (Å²) in [5, 5.41) is 0. The molecule has 1 spiro atoms. The van der Waals surface area contributed by atoms with Crippen LogP contribution in [0.2, 0.25) is 0 Å². The Morgan fingerprint density at radius 2 is 1.93 bits per heavy atom. The molecule has 2 fully saturated rings. The van der Waals surface area contributed by atoms with E-state index < -0.39 is 10.2 Å². The molecule has 2 aromatic rings. The average Bonchev–Trinajstić information content (AvgIpc) is 3.08. The van der Waals surface area contributed by atoms with Crippen molar-refractivity contribution in [3.8, 4) is 11.1 Å². The van der Waals surface area contributed by atoms with Crippen LogP contribution in [0.4, 0.5) is 0 Å². The molecule has 6 heteroatoms. The van der Waals surface area contributed by atoms with E-state index in [0.29, 0.717) is 24.9 Å². The number of nitrogens with one attached hydrogen (secondary N) is 1. The molecule has 1 saturated heterocycles. The highest BCUT2D eigenvalue weighted by atomic mass is 32.2. The summed E-state index contributed by atoms with van der Waals surface area (Å²) in [5.74, 6) is 0.735. The van der Waals surface area contributed by atoms with Gasteiger partial charge in [0.2, 0.25) is 0 Å². The molecule has 1 aromatic heterocycles. The minimum Gasteiger partial charge on any atom is -0.264 e. The first-order chi connectivity index (χ1) is 13.5. The number of nitrogens with zero attached hydrogens (tertiary/aromatic N) is 2. The molecule has 0 amide bonds. The van der Waals surface area contributed by atoms with E-state index in [2.05, 4.69) is 34.0 Å². The van der Waals surface area contributed by atoms with E-state index in [4.69, 9.17) is 0 Å². The van der Waals surface area contributed by atoms with Crippen LogP contribution in [0.15, 0.2) is 42.7 Å². The monoisotopic (exact) mass is 397 g/mol. The van der Waals surface area contributed by atoms with Crippen molar-refractivity contribution in [2.75, 3.05) is 13.1 Å². The van der Waals surface area contributed by atoms with Crippen molar-refractivity contribution in [1.82, 2.24) is 14.0 Å². The van der Waals surface area contributed by atoms with E-state index in [1.54, 1.807) is 10.5 Å². The van der Waals surface area contributed by atoms with Crippen molar-refractivity contribution in [1.29, 1.82) is 0 Å². The topological polar surface area (TPSA) is 62.3 Å². The summed E-state index contributed by atoms with van der Waals surface area (Å²) in [6.45, 7) is 3.27. The van der Waals surface area contributed by atoms with Gasteiger partial charge in [0.05, 0.1) is 5.54 Å². The fourth-order valence-electron chi connectivity index (χ4n) is 5.67. The second-order valence-corrected chi connectivity index (χ2v) is 10.3. The molecule has 5 nitrogen and oxygen atoms in total. The van der Waals surface area contributed by atoms with E-state index >= 15 is 0 Å². The molecule has 0 unspecified atom stereocenters. The molecule has 148 valence electrons. The molecule has 3 aliphatic rings. The highest BCUT2D eigenvalue weighted by Gasteiger charge is 2.59. The largest absolute Gasteiger partial charge is 0.280 e. The number of hydrogen-bond donors (Lipinski definition) is 1. The van der Waals surface area contributed by atoms with Gasteiger partial charge in [0.1, 0.15) is 0 Å². The van der Waals surface area contributed by atoms with E-state index in [-0.39, 0.29) is 5.54 Å². The zero-order valence-electron chi connectivity index (χ0n) is 16.3. The van der Waals surface area contributed by atoms with Gasteiger partial charge in [0.25, 0.3) is 10.2 Å². The van der Waals surface area contributed by atoms with Crippen LogP contribution in [0, 0.1) is 11.8 Å². The van der Waals surface area contributed by atoms with Crippen LogP contribution in [0.1, 0.15) is 37.3 Å². The number of hydrogen-bond acceptors (Lipinski definition) is 3. The third kappa shape index (κ3) is 2.81. The fraction of sp³-hybridized carbons (Fsp3) is 0.500.